The average molecular weight is 262 g/mol. The summed E-state index contributed by atoms with van der Waals surface area (Å²) in [5.41, 5.74) is 9.56. The Labute approximate surface area is 117 Å². The summed E-state index contributed by atoms with van der Waals surface area (Å²) >= 11 is 0. The standard InChI is InChI=1S/C17H14N2O/c20-17-11-10-14(13-6-4-5-7-13)12-16(17)19-18-15-8-2-1-3-9-15/h1-12,18-19H. The molecule has 2 N–H and O–H groups in total. The van der Waals surface area contributed by atoms with Crippen LogP contribution in [0.3, 0.4) is 0 Å². The van der Waals surface area contributed by atoms with Crippen molar-refractivity contribution in [1.29, 1.82) is 0 Å². The van der Waals surface area contributed by atoms with Gasteiger partial charge >= 0.3 is 0 Å². The Morgan fingerprint density at radius 2 is 1.50 bits per heavy atom. The van der Waals surface area contributed by atoms with Crippen molar-refractivity contribution in [3.8, 4) is 0 Å². The van der Waals surface area contributed by atoms with Gasteiger partial charge in [0.25, 0.3) is 0 Å². The number of hydrazine groups is 1. The average Bonchev–Trinajstić information content (AvgIpc) is 3.02. The van der Waals surface area contributed by atoms with Gasteiger partial charge in [0.1, 0.15) is 5.70 Å². The fraction of sp³-hybridized carbons (Fsp3) is 0. The maximum absolute atomic E-state index is 11.9. The van der Waals surface area contributed by atoms with Gasteiger partial charge in [-0.25, -0.2) is 0 Å². The van der Waals surface area contributed by atoms with Crippen LogP contribution in [-0.4, -0.2) is 5.78 Å². The molecule has 0 atom stereocenters. The van der Waals surface area contributed by atoms with Gasteiger partial charge in [-0.15, -0.1) is 0 Å². The monoisotopic (exact) mass is 262 g/mol. The first-order valence-electron chi connectivity index (χ1n) is 6.43. The molecule has 98 valence electrons. The van der Waals surface area contributed by atoms with Crippen LogP contribution in [0.1, 0.15) is 0 Å². The summed E-state index contributed by atoms with van der Waals surface area (Å²) in [6, 6.07) is 9.67. The molecule has 3 rings (SSSR count). The van der Waals surface area contributed by atoms with Crippen molar-refractivity contribution in [1.82, 2.24) is 5.43 Å². The van der Waals surface area contributed by atoms with E-state index in [1.807, 2.05) is 66.8 Å². The highest BCUT2D eigenvalue weighted by atomic mass is 16.1. The number of carbonyl (C=O) groups excluding carboxylic acids is 1. The van der Waals surface area contributed by atoms with Gasteiger partial charge in [0.05, 0.1) is 5.69 Å². The summed E-state index contributed by atoms with van der Waals surface area (Å²) in [7, 11) is 0. The molecule has 2 aliphatic rings. The Hall–Kier alpha value is -2.81. The van der Waals surface area contributed by atoms with Gasteiger partial charge in [0.15, 0.2) is 0 Å². The van der Waals surface area contributed by atoms with Crippen LogP contribution in [0.4, 0.5) is 5.69 Å². The number of hydrogen-bond acceptors (Lipinski definition) is 3. The largest absolute Gasteiger partial charge is 0.301 e. The zero-order valence-corrected chi connectivity index (χ0v) is 10.8. The molecule has 0 saturated heterocycles. The Morgan fingerprint density at radius 3 is 2.25 bits per heavy atom. The SMILES string of the molecule is O=C1C=CC(=C2C=CC=C2)C=C1NNc1ccccc1. The van der Waals surface area contributed by atoms with E-state index in [2.05, 4.69) is 10.9 Å². The topological polar surface area (TPSA) is 41.1 Å². The van der Waals surface area contributed by atoms with Gasteiger partial charge in [0, 0.05) is 0 Å². The molecule has 0 unspecified atom stereocenters. The minimum Gasteiger partial charge on any atom is -0.301 e. The zero-order valence-electron chi connectivity index (χ0n) is 10.8. The lowest BCUT2D eigenvalue weighted by atomic mass is 10.0. The Balaban J connectivity index is 1.78. The van der Waals surface area contributed by atoms with Gasteiger partial charge in [-0.1, -0.05) is 48.6 Å². The molecule has 3 heteroatoms. The van der Waals surface area contributed by atoms with Crippen LogP contribution in [0.2, 0.25) is 0 Å². The number of carbonyl (C=O) groups is 1. The summed E-state index contributed by atoms with van der Waals surface area (Å²) in [4.78, 5) is 11.9. The third kappa shape index (κ3) is 2.62. The third-order valence-corrected chi connectivity index (χ3v) is 3.09. The van der Waals surface area contributed by atoms with Crippen molar-refractivity contribution in [2.24, 2.45) is 0 Å². The molecule has 0 fully saturated rings. The number of allylic oxidation sites excluding steroid dienone is 9. The highest BCUT2D eigenvalue weighted by Gasteiger charge is 2.12. The molecule has 0 aliphatic heterocycles. The number of para-hydroxylation sites is 1. The maximum atomic E-state index is 11.9. The van der Waals surface area contributed by atoms with Crippen LogP contribution < -0.4 is 10.9 Å². The van der Waals surface area contributed by atoms with Crippen LogP contribution in [-0.2, 0) is 4.79 Å². The zero-order chi connectivity index (χ0) is 13.8. The molecule has 0 saturated carbocycles. The number of rotatable bonds is 3. The van der Waals surface area contributed by atoms with Crippen LogP contribution in [0, 0.1) is 0 Å². The normalized spacial score (nSPS) is 16.6. The predicted molar refractivity (Wildman–Crippen MR) is 80.7 cm³/mol. The van der Waals surface area contributed by atoms with E-state index in [1.165, 1.54) is 0 Å². The van der Waals surface area contributed by atoms with Gasteiger partial charge in [-0.3, -0.25) is 10.2 Å². The number of nitrogens with one attached hydrogen (secondary N) is 2. The number of benzene rings is 1. The van der Waals surface area contributed by atoms with E-state index in [9.17, 15) is 4.79 Å². The maximum Gasteiger partial charge on any atom is 0.203 e. The van der Waals surface area contributed by atoms with Crippen LogP contribution >= 0.6 is 0 Å². The molecular formula is C17H14N2O. The van der Waals surface area contributed by atoms with Crippen molar-refractivity contribution in [2.75, 3.05) is 5.43 Å². The predicted octanol–water partition coefficient (Wildman–Crippen LogP) is 3.05. The van der Waals surface area contributed by atoms with E-state index in [1.54, 1.807) is 6.08 Å². The lowest BCUT2D eigenvalue weighted by Crippen LogP contribution is -2.26. The molecule has 0 heterocycles. The Morgan fingerprint density at radius 1 is 0.750 bits per heavy atom. The van der Waals surface area contributed by atoms with E-state index in [4.69, 9.17) is 0 Å². The van der Waals surface area contributed by atoms with Gasteiger partial charge in [0.2, 0.25) is 5.78 Å². The summed E-state index contributed by atoms with van der Waals surface area (Å²) in [6.45, 7) is 0. The Bertz CT molecular complexity index is 662. The second-order valence-corrected chi connectivity index (χ2v) is 4.50. The van der Waals surface area contributed by atoms with E-state index in [0.717, 1.165) is 16.8 Å². The Kier molecular flexibility index (Phi) is 3.33. The molecule has 3 nitrogen and oxygen atoms in total. The van der Waals surface area contributed by atoms with Crippen molar-refractivity contribution >= 4 is 11.5 Å². The fourth-order valence-corrected chi connectivity index (χ4v) is 2.03. The molecule has 0 bridgehead atoms. The fourth-order valence-electron chi connectivity index (χ4n) is 2.03. The van der Waals surface area contributed by atoms with E-state index in [0.29, 0.717) is 5.70 Å². The summed E-state index contributed by atoms with van der Waals surface area (Å²) in [5, 5.41) is 0. The summed E-state index contributed by atoms with van der Waals surface area (Å²) in [5.74, 6) is -0.0382. The minimum absolute atomic E-state index is 0.0382. The van der Waals surface area contributed by atoms with E-state index < -0.39 is 0 Å². The molecule has 0 amide bonds. The molecule has 0 aromatic heterocycles. The van der Waals surface area contributed by atoms with E-state index in [-0.39, 0.29) is 5.78 Å². The van der Waals surface area contributed by atoms with Crippen molar-refractivity contribution in [3.05, 3.63) is 89.7 Å². The summed E-state index contributed by atoms with van der Waals surface area (Å²) in [6.07, 6.45) is 13.3. The first-order valence-corrected chi connectivity index (χ1v) is 6.43. The number of anilines is 1. The highest BCUT2D eigenvalue weighted by molar-refractivity contribution is 6.05. The number of ketones is 1. The quantitative estimate of drug-likeness (QED) is 0.823. The second-order valence-electron chi connectivity index (χ2n) is 4.50. The molecule has 2 aliphatic carbocycles. The molecule has 0 spiro atoms. The summed E-state index contributed by atoms with van der Waals surface area (Å²) < 4.78 is 0. The molecule has 20 heavy (non-hydrogen) atoms. The third-order valence-electron chi connectivity index (χ3n) is 3.09. The van der Waals surface area contributed by atoms with Crippen molar-refractivity contribution in [3.63, 3.8) is 0 Å². The van der Waals surface area contributed by atoms with Gasteiger partial charge < -0.3 is 5.43 Å². The van der Waals surface area contributed by atoms with Gasteiger partial charge in [-0.05, 0) is 35.4 Å². The van der Waals surface area contributed by atoms with Crippen LogP contribution in [0.5, 0.6) is 0 Å². The van der Waals surface area contributed by atoms with Gasteiger partial charge in [-0.2, -0.15) is 0 Å². The van der Waals surface area contributed by atoms with Crippen molar-refractivity contribution in [2.45, 2.75) is 0 Å². The molecule has 0 radical (unpaired) electrons. The first-order chi connectivity index (χ1) is 9.83. The smallest absolute Gasteiger partial charge is 0.203 e. The lowest BCUT2D eigenvalue weighted by Gasteiger charge is -2.14. The second kappa shape index (κ2) is 5.45. The molecular weight excluding hydrogens is 248 g/mol. The van der Waals surface area contributed by atoms with Crippen LogP contribution in [0.25, 0.3) is 0 Å². The van der Waals surface area contributed by atoms with Crippen molar-refractivity contribution < 1.29 is 4.79 Å². The molecule has 1 aromatic carbocycles. The van der Waals surface area contributed by atoms with E-state index >= 15 is 0 Å². The molecule has 1 aromatic rings. The van der Waals surface area contributed by atoms with Crippen LogP contribution in [0.15, 0.2) is 89.7 Å². The number of hydrogen-bond donors (Lipinski definition) is 2. The first kappa shape index (κ1) is 12.2. The highest BCUT2D eigenvalue weighted by Crippen LogP contribution is 2.20. The minimum atomic E-state index is -0.0382. The lowest BCUT2D eigenvalue weighted by molar-refractivity contribution is -0.111.